The van der Waals surface area contributed by atoms with Gasteiger partial charge in [-0.05, 0) is 30.9 Å². The fraction of sp³-hybridized carbons (Fsp3) is 0.250. The van der Waals surface area contributed by atoms with E-state index in [1.165, 1.54) is 11.1 Å². The molecule has 1 amide bonds. The number of carbonyl (C=O) groups excluding carboxylic acids is 1. The molecular weight excluding hydrogens is 314 g/mol. The third-order valence-corrected chi connectivity index (χ3v) is 4.79. The standard InChI is InChI=1S/C20H19N3O2/c1-13-6-8-14(9-7-13)10-15-11-23(12-15)20(25)18-16-4-2-3-5-17(16)19(24)22-21-18/h2-9,15H,10-12H2,1H3,(H,22,24). The molecule has 1 fully saturated rings. The van der Waals surface area contributed by atoms with Crippen LogP contribution >= 0.6 is 0 Å². The molecule has 5 nitrogen and oxygen atoms in total. The number of fused-ring (bicyclic) bond motifs is 1. The van der Waals surface area contributed by atoms with Gasteiger partial charge in [0.05, 0.1) is 5.39 Å². The summed E-state index contributed by atoms with van der Waals surface area (Å²) in [6, 6.07) is 15.6. The van der Waals surface area contributed by atoms with E-state index < -0.39 is 0 Å². The number of nitrogens with one attached hydrogen (secondary N) is 1. The molecular formula is C20H19N3O2. The molecule has 2 aromatic carbocycles. The first-order chi connectivity index (χ1) is 12.1. The van der Waals surface area contributed by atoms with E-state index in [2.05, 4.69) is 41.4 Å². The van der Waals surface area contributed by atoms with Crippen molar-refractivity contribution in [2.75, 3.05) is 13.1 Å². The molecule has 1 aliphatic rings. The SMILES string of the molecule is Cc1ccc(CC2CN(C(=O)c3n[nH]c(=O)c4ccccc34)C2)cc1. The van der Waals surface area contributed by atoms with Gasteiger partial charge in [-0.1, -0.05) is 48.0 Å². The third kappa shape index (κ3) is 2.93. The van der Waals surface area contributed by atoms with Crippen molar-refractivity contribution in [3.8, 4) is 0 Å². The summed E-state index contributed by atoms with van der Waals surface area (Å²) in [5, 5.41) is 7.54. The molecule has 1 saturated heterocycles. The quantitative estimate of drug-likeness (QED) is 0.801. The molecule has 25 heavy (non-hydrogen) atoms. The second-order valence-electron chi connectivity index (χ2n) is 6.71. The molecule has 2 heterocycles. The van der Waals surface area contributed by atoms with E-state index in [1.54, 1.807) is 23.1 Å². The zero-order chi connectivity index (χ0) is 17.4. The summed E-state index contributed by atoms with van der Waals surface area (Å²) in [4.78, 5) is 26.4. The van der Waals surface area contributed by atoms with Crippen molar-refractivity contribution in [2.24, 2.45) is 5.92 Å². The lowest BCUT2D eigenvalue weighted by Crippen LogP contribution is -2.51. The number of likely N-dealkylation sites (tertiary alicyclic amines) is 1. The van der Waals surface area contributed by atoms with E-state index in [-0.39, 0.29) is 11.5 Å². The van der Waals surface area contributed by atoms with Gasteiger partial charge >= 0.3 is 0 Å². The van der Waals surface area contributed by atoms with E-state index in [9.17, 15) is 9.59 Å². The number of H-pyrrole nitrogens is 1. The van der Waals surface area contributed by atoms with E-state index in [0.29, 0.717) is 22.4 Å². The Bertz CT molecular complexity index is 986. The van der Waals surface area contributed by atoms with Crippen molar-refractivity contribution < 1.29 is 4.79 Å². The van der Waals surface area contributed by atoms with Crippen molar-refractivity contribution in [3.05, 3.63) is 75.7 Å². The van der Waals surface area contributed by atoms with Gasteiger partial charge in [-0.2, -0.15) is 5.10 Å². The minimum atomic E-state index is -0.270. The van der Waals surface area contributed by atoms with Gasteiger partial charge in [0.1, 0.15) is 0 Å². The van der Waals surface area contributed by atoms with Gasteiger partial charge in [-0.3, -0.25) is 9.59 Å². The smallest absolute Gasteiger partial charge is 0.274 e. The number of hydrogen-bond donors (Lipinski definition) is 1. The lowest BCUT2D eigenvalue weighted by atomic mass is 9.91. The first-order valence-corrected chi connectivity index (χ1v) is 8.44. The fourth-order valence-electron chi connectivity index (χ4n) is 3.35. The van der Waals surface area contributed by atoms with Gasteiger partial charge in [-0.15, -0.1) is 0 Å². The van der Waals surface area contributed by atoms with Crippen LogP contribution in [0.1, 0.15) is 21.6 Å². The van der Waals surface area contributed by atoms with E-state index in [1.807, 2.05) is 6.07 Å². The number of aryl methyl sites for hydroxylation is 1. The second kappa shape index (κ2) is 6.16. The number of aromatic nitrogens is 2. The third-order valence-electron chi connectivity index (χ3n) is 4.79. The second-order valence-corrected chi connectivity index (χ2v) is 6.71. The van der Waals surface area contributed by atoms with Gasteiger partial charge in [0.2, 0.25) is 0 Å². The van der Waals surface area contributed by atoms with E-state index >= 15 is 0 Å². The first-order valence-electron chi connectivity index (χ1n) is 8.44. The van der Waals surface area contributed by atoms with Crippen molar-refractivity contribution >= 4 is 16.7 Å². The Hall–Kier alpha value is -2.95. The van der Waals surface area contributed by atoms with Crippen LogP contribution in [0, 0.1) is 12.8 Å². The molecule has 0 saturated carbocycles. The molecule has 0 unspecified atom stereocenters. The number of benzene rings is 2. The molecule has 3 aromatic rings. The maximum atomic E-state index is 12.7. The highest BCUT2D eigenvalue weighted by atomic mass is 16.2. The highest BCUT2D eigenvalue weighted by Gasteiger charge is 2.32. The highest BCUT2D eigenvalue weighted by Crippen LogP contribution is 2.24. The van der Waals surface area contributed by atoms with E-state index in [4.69, 9.17) is 0 Å². The normalized spacial score (nSPS) is 14.5. The number of aromatic amines is 1. The van der Waals surface area contributed by atoms with Crippen LogP contribution in [0.4, 0.5) is 0 Å². The summed E-state index contributed by atoms with van der Waals surface area (Å²) in [5.41, 5.74) is 2.61. The summed E-state index contributed by atoms with van der Waals surface area (Å²) in [7, 11) is 0. The molecule has 1 N–H and O–H groups in total. The Morgan fingerprint density at radius 2 is 1.80 bits per heavy atom. The molecule has 0 radical (unpaired) electrons. The summed E-state index contributed by atoms with van der Waals surface area (Å²) >= 11 is 0. The highest BCUT2D eigenvalue weighted by molar-refractivity contribution is 6.04. The van der Waals surface area contributed by atoms with Gasteiger partial charge in [-0.25, -0.2) is 5.10 Å². The molecule has 1 aliphatic heterocycles. The van der Waals surface area contributed by atoms with Crippen LogP contribution < -0.4 is 5.56 Å². The van der Waals surface area contributed by atoms with Crippen LogP contribution in [-0.4, -0.2) is 34.1 Å². The summed E-state index contributed by atoms with van der Waals surface area (Å²) < 4.78 is 0. The number of carbonyl (C=O) groups is 1. The Balaban J connectivity index is 1.48. The molecule has 0 atom stereocenters. The molecule has 0 spiro atoms. The molecule has 0 aliphatic carbocycles. The lowest BCUT2D eigenvalue weighted by molar-refractivity contribution is 0.0496. The van der Waals surface area contributed by atoms with Crippen LogP contribution in [0.3, 0.4) is 0 Å². The zero-order valence-electron chi connectivity index (χ0n) is 14.0. The lowest BCUT2D eigenvalue weighted by Gasteiger charge is -2.39. The minimum absolute atomic E-state index is 0.118. The molecule has 0 bridgehead atoms. The first kappa shape index (κ1) is 15.6. The summed E-state index contributed by atoms with van der Waals surface area (Å²) in [6.45, 7) is 3.53. The van der Waals surface area contributed by atoms with Gasteiger partial charge in [0, 0.05) is 18.5 Å². The summed E-state index contributed by atoms with van der Waals surface area (Å²) in [5.74, 6) is 0.355. The Morgan fingerprint density at radius 1 is 1.12 bits per heavy atom. The van der Waals surface area contributed by atoms with Crippen LogP contribution in [0.2, 0.25) is 0 Å². The maximum absolute atomic E-state index is 12.7. The molecule has 126 valence electrons. The van der Waals surface area contributed by atoms with Crippen LogP contribution in [0.25, 0.3) is 10.8 Å². The predicted octanol–water partition coefficient (Wildman–Crippen LogP) is 2.55. The fourth-order valence-corrected chi connectivity index (χ4v) is 3.35. The zero-order valence-corrected chi connectivity index (χ0v) is 14.0. The van der Waals surface area contributed by atoms with Crippen molar-refractivity contribution in [1.29, 1.82) is 0 Å². The average molecular weight is 333 g/mol. The van der Waals surface area contributed by atoms with E-state index in [0.717, 1.165) is 19.5 Å². The molecule has 1 aromatic heterocycles. The molecule has 4 rings (SSSR count). The maximum Gasteiger partial charge on any atom is 0.274 e. The monoisotopic (exact) mass is 333 g/mol. The number of amides is 1. The Kier molecular flexibility index (Phi) is 3.84. The van der Waals surface area contributed by atoms with Crippen LogP contribution in [0.15, 0.2) is 53.3 Å². The number of rotatable bonds is 3. The average Bonchev–Trinajstić information content (AvgIpc) is 2.59. The Morgan fingerprint density at radius 3 is 2.52 bits per heavy atom. The predicted molar refractivity (Wildman–Crippen MR) is 96.6 cm³/mol. The topological polar surface area (TPSA) is 66.1 Å². The number of nitrogens with zero attached hydrogens (tertiary/aromatic N) is 2. The van der Waals surface area contributed by atoms with Gasteiger partial charge < -0.3 is 4.90 Å². The largest absolute Gasteiger partial charge is 0.337 e. The van der Waals surface area contributed by atoms with Crippen molar-refractivity contribution in [1.82, 2.24) is 15.1 Å². The van der Waals surface area contributed by atoms with Crippen LogP contribution in [-0.2, 0) is 6.42 Å². The summed E-state index contributed by atoms with van der Waals surface area (Å²) in [6.07, 6.45) is 0.976. The van der Waals surface area contributed by atoms with Crippen LogP contribution in [0.5, 0.6) is 0 Å². The van der Waals surface area contributed by atoms with Crippen molar-refractivity contribution in [3.63, 3.8) is 0 Å². The Labute approximate surface area is 145 Å². The van der Waals surface area contributed by atoms with Gasteiger partial charge in [0.25, 0.3) is 11.5 Å². The minimum Gasteiger partial charge on any atom is -0.337 e. The molecule has 5 heteroatoms. The number of hydrogen-bond acceptors (Lipinski definition) is 3. The van der Waals surface area contributed by atoms with Crippen molar-refractivity contribution in [2.45, 2.75) is 13.3 Å². The van der Waals surface area contributed by atoms with Gasteiger partial charge in [0.15, 0.2) is 5.69 Å².